The highest BCUT2D eigenvalue weighted by molar-refractivity contribution is 5.85. The van der Waals surface area contributed by atoms with Gasteiger partial charge in [-0.1, -0.05) is 12.1 Å². The van der Waals surface area contributed by atoms with Gasteiger partial charge < -0.3 is 10.6 Å². The van der Waals surface area contributed by atoms with Crippen molar-refractivity contribution < 1.29 is 4.84 Å². The molecule has 3 heteroatoms. The topological polar surface area (TPSA) is 47.6 Å². The molecule has 52 valence electrons. The Morgan fingerprint density at radius 2 is 2.67 bits per heavy atom. The highest BCUT2D eigenvalue weighted by Gasteiger charge is 2.16. The summed E-state index contributed by atoms with van der Waals surface area (Å²) in [4.78, 5) is 4.97. The zero-order valence-corrected chi connectivity index (χ0v) is 5.63. The SMILES string of the molecule is CCC1=NOC(CN)C1. The molecule has 0 aromatic rings. The fraction of sp³-hybridized carbons (Fsp3) is 0.833. The molecule has 0 spiro atoms. The van der Waals surface area contributed by atoms with Crippen LogP contribution in [0.5, 0.6) is 0 Å². The van der Waals surface area contributed by atoms with Crippen LogP contribution in [0.4, 0.5) is 0 Å². The monoisotopic (exact) mass is 128 g/mol. The Hall–Kier alpha value is -0.570. The van der Waals surface area contributed by atoms with E-state index in [0.29, 0.717) is 6.54 Å². The molecule has 3 nitrogen and oxygen atoms in total. The Morgan fingerprint density at radius 3 is 3.00 bits per heavy atom. The molecule has 0 aliphatic carbocycles. The molecule has 1 aliphatic rings. The largest absolute Gasteiger partial charge is 0.391 e. The smallest absolute Gasteiger partial charge is 0.145 e. The minimum atomic E-state index is 0.153. The molecule has 0 saturated heterocycles. The first-order valence-electron chi connectivity index (χ1n) is 3.28. The van der Waals surface area contributed by atoms with E-state index in [-0.39, 0.29) is 6.10 Å². The molecule has 9 heavy (non-hydrogen) atoms. The van der Waals surface area contributed by atoms with Gasteiger partial charge in [-0.2, -0.15) is 0 Å². The van der Waals surface area contributed by atoms with Crippen LogP contribution in [-0.2, 0) is 4.84 Å². The minimum absolute atomic E-state index is 0.153. The van der Waals surface area contributed by atoms with Crippen molar-refractivity contribution in [1.29, 1.82) is 0 Å². The molecule has 0 amide bonds. The number of rotatable bonds is 2. The van der Waals surface area contributed by atoms with Gasteiger partial charge in [-0.05, 0) is 6.42 Å². The maximum absolute atomic E-state index is 5.35. The molecule has 1 unspecified atom stereocenters. The fourth-order valence-corrected chi connectivity index (χ4v) is 0.822. The van der Waals surface area contributed by atoms with Crippen molar-refractivity contribution in [2.45, 2.75) is 25.9 Å². The number of oxime groups is 1. The van der Waals surface area contributed by atoms with Crippen LogP contribution in [0.2, 0.25) is 0 Å². The summed E-state index contributed by atoms with van der Waals surface area (Å²) in [7, 11) is 0. The van der Waals surface area contributed by atoms with E-state index in [1.165, 1.54) is 0 Å². The summed E-state index contributed by atoms with van der Waals surface area (Å²) in [6.45, 7) is 2.65. The van der Waals surface area contributed by atoms with Crippen molar-refractivity contribution in [3.8, 4) is 0 Å². The second-order valence-corrected chi connectivity index (χ2v) is 2.18. The van der Waals surface area contributed by atoms with Crippen LogP contribution < -0.4 is 5.73 Å². The summed E-state index contributed by atoms with van der Waals surface area (Å²) in [6.07, 6.45) is 2.06. The zero-order chi connectivity index (χ0) is 6.69. The molecule has 1 rings (SSSR count). The number of nitrogens with two attached hydrogens (primary N) is 1. The standard InChI is InChI=1S/C6H12N2O/c1-2-5-3-6(4-7)9-8-5/h6H,2-4,7H2,1H3. The highest BCUT2D eigenvalue weighted by Crippen LogP contribution is 2.10. The van der Waals surface area contributed by atoms with E-state index < -0.39 is 0 Å². The molecule has 1 heterocycles. The third kappa shape index (κ3) is 1.42. The lowest BCUT2D eigenvalue weighted by molar-refractivity contribution is 0.0918. The van der Waals surface area contributed by atoms with Crippen molar-refractivity contribution >= 4 is 5.71 Å². The highest BCUT2D eigenvalue weighted by atomic mass is 16.6. The van der Waals surface area contributed by atoms with Gasteiger partial charge in [0.25, 0.3) is 0 Å². The zero-order valence-electron chi connectivity index (χ0n) is 5.63. The van der Waals surface area contributed by atoms with E-state index >= 15 is 0 Å². The van der Waals surface area contributed by atoms with Gasteiger partial charge in [0.05, 0.1) is 5.71 Å². The predicted molar refractivity (Wildman–Crippen MR) is 36.3 cm³/mol. The minimum Gasteiger partial charge on any atom is -0.391 e. The Kier molecular flexibility index (Phi) is 2.05. The van der Waals surface area contributed by atoms with Crippen LogP contribution >= 0.6 is 0 Å². The lowest BCUT2D eigenvalue weighted by Gasteiger charge is -2.00. The fourth-order valence-electron chi connectivity index (χ4n) is 0.822. The van der Waals surface area contributed by atoms with Gasteiger partial charge in [0.1, 0.15) is 6.10 Å². The van der Waals surface area contributed by atoms with Gasteiger partial charge in [-0.3, -0.25) is 0 Å². The first-order valence-corrected chi connectivity index (χ1v) is 3.28. The summed E-state index contributed by atoms with van der Waals surface area (Å²) >= 11 is 0. The molecule has 0 fully saturated rings. The van der Waals surface area contributed by atoms with Gasteiger partial charge in [0.2, 0.25) is 0 Å². The predicted octanol–water partition coefficient (Wildman–Crippen LogP) is 0.500. The van der Waals surface area contributed by atoms with Gasteiger partial charge in [-0.25, -0.2) is 0 Å². The van der Waals surface area contributed by atoms with E-state index in [1.807, 2.05) is 0 Å². The van der Waals surface area contributed by atoms with Crippen molar-refractivity contribution in [2.24, 2.45) is 10.9 Å². The van der Waals surface area contributed by atoms with Crippen LogP contribution in [0.15, 0.2) is 5.16 Å². The Morgan fingerprint density at radius 1 is 1.89 bits per heavy atom. The summed E-state index contributed by atoms with van der Waals surface area (Å²) in [6, 6.07) is 0. The molecule has 0 aromatic carbocycles. The second-order valence-electron chi connectivity index (χ2n) is 2.18. The molecule has 0 radical (unpaired) electrons. The van der Waals surface area contributed by atoms with Crippen molar-refractivity contribution in [2.75, 3.05) is 6.54 Å². The third-order valence-electron chi connectivity index (χ3n) is 1.47. The van der Waals surface area contributed by atoms with Crippen LogP contribution in [0, 0.1) is 0 Å². The van der Waals surface area contributed by atoms with Crippen molar-refractivity contribution in [1.82, 2.24) is 0 Å². The molecular formula is C6H12N2O. The molecule has 1 aliphatic heterocycles. The summed E-state index contributed by atoms with van der Waals surface area (Å²) in [5.74, 6) is 0. The first kappa shape index (κ1) is 6.55. The van der Waals surface area contributed by atoms with Gasteiger partial charge in [-0.15, -0.1) is 0 Å². The first-order chi connectivity index (χ1) is 4.36. The van der Waals surface area contributed by atoms with Crippen LogP contribution in [-0.4, -0.2) is 18.4 Å². The quantitative estimate of drug-likeness (QED) is 0.588. The average molecular weight is 128 g/mol. The molecule has 1 atom stereocenters. The van der Waals surface area contributed by atoms with E-state index in [0.717, 1.165) is 18.6 Å². The number of hydrogen-bond acceptors (Lipinski definition) is 3. The maximum Gasteiger partial charge on any atom is 0.145 e. The molecular weight excluding hydrogens is 116 g/mol. The molecule has 2 N–H and O–H groups in total. The molecule has 0 bridgehead atoms. The number of nitrogens with zero attached hydrogens (tertiary/aromatic N) is 1. The lowest BCUT2D eigenvalue weighted by atomic mass is 10.1. The van der Waals surface area contributed by atoms with Crippen LogP contribution in [0.1, 0.15) is 19.8 Å². The third-order valence-corrected chi connectivity index (χ3v) is 1.47. The molecule has 0 aromatic heterocycles. The van der Waals surface area contributed by atoms with Gasteiger partial charge in [0.15, 0.2) is 0 Å². The maximum atomic E-state index is 5.35. The van der Waals surface area contributed by atoms with Crippen molar-refractivity contribution in [3.63, 3.8) is 0 Å². The van der Waals surface area contributed by atoms with E-state index in [2.05, 4.69) is 12.1 Å². The van der Waals surface area contributed by atoms with Crippen molar-refractivity contribution in [3.05, 3.63) is 0 Å². The van der Waals surface area contributed by atoms with Gasteiger partial charge >= 0.3 is 0 Å². The Labute approximate surface area is 54.9 Å². The van der Waals surface area contributed by atoms with Crippen LogP contribution in [0.25, 0.3) is 0 Å². The molecule has 0 saturated carbocycles. The van der Waals surface area contributed by atoms with E-state index in [9.17, 15) is 0 Å². The average Bonchev–Trinajstić information content (AvgIpc) is 2.34. The summed E-state index contributed by atoms with van der Waals surface area (Å²) < 4.78 is 0. The van der Waals surface area contributed by atoms with E-state index in [1.54, 1.807) is 0 Å². The van der Waals surface area contributed by atoms with Gasteiger partial charge in [0, 0.05) is 13.0 Å². The van der Waals surface area contributed by atoms with Crippen LogP contribution in [0.3, 0.4) is 0 Å². The number of hydrogen-bond donors (Lipinski definition) is 1. The summed E-state index contributed by atoms with van der Waals surface area (Å²) in [5.41, 5.74) is 6.48. The normalized spacial score (nSPS) is 25.6. The Balaban J connectivity index is 2.31. The summed E-state index contributed by atoms with van der Waals surface area (Å²) in [5, 5.41) is 3.84. The lowest BCUT2D eigenvalue weighted by Crippen LogP contribution is -2.19. The second kappa shape index (κ2) is 2.82. The Bertz CT molecular complexity index is 122. The van der Waals surface area contributed by atoms with E-state index in [4.69, 9.17) is 10.6 Å².